The number of carboxylic acid groups (broad SMARTS) is 1. The number of hydrogen-bond acceptors (Lipinski definition) is 2. The summed E-state index contributed by atoms with van der Waals surface area (Å²) in [5.74, 6) is -1.27. The fourth-order valence-corrected chi connectivity index (χ4v) is 3.81. The van der Waals surface area contributed by atoms with Crippen molar-refractivity contribution >= 4 is 28.9 Å². The number of fused-ring (bicyclic) bond motifs is 1. The quantitative estimate of drug-likeness (QED) is 0.865. The molecule has 1 atom stereocenters. The van der Waals surface area contributed by atoms with Gasteiger partial charge in [0.15, 0.2) is 0 Å². The maximum absolute atomic E-state index is 10.9. The van der Waals surface area contributed by atoms with Gasteiger partial charge in [0, 0.05) is 9.75 Å². The minimum absolute atomic E-state index is 0.479. The number of thiophene rings is 1. The lowest BCUT2D eigenvalue weighted by molar-refractivity contribution is -0.138. The summed E-state index contributed by atoms with van der Waals surface area (Å²) < 4.78 is 0. The molecule has 0 radical (unpaired) electrons. The summed E-state index contributed by atoms with van der Waals surface area (Å²) in [6.45, 7) is 1.70. The van der Waals surface area contributed by atoms with Crippen LogP contribution < -0.4 is 0 Å². The van der Waals surface area contributed by atoms with Crippen LogP contribution in [-0.4, -0.2) is 11.1 Å². The molecule has 0 bridgehead atoms. The molecule has 1 aliphatic carbocycles. The van der Waals surface area contributed by atoms with Crippen molar-refractivity contribution in [3.8, 4) is 0 Å². The van der Waals surface area contributed by atoms with Crippen molar-refractivity contribution in [2.45, 2.75) is 38.5 Å². The zero-order valence-corrected chi connectivity index (χ0v) is 10.1. The van der Waals surface area contributed by atoms with Crippen LogP contribution in [0.1, 0.15) is 41.0 Å². The van der Waals surface area contributed by atoms with Gasteiger partial charge in [-0.15, -0.1) is 11.3 Å². The molecule has 0 fully saturated rings. The molecule has 0 amide bonds. The first-order chi connectivity index (χ1) is 7.11. The summed E-state index contributed by atoms with van der Waals surface area (Å²) in [6.07, 6.45) is 4.44. The normalized spacial score (nSPS) is 17.2. The summed E-state index contributed by atoms with van der Waals surface area (Å²) in [6, 6.07) is 0. The van der Waals surface area contributed by atoms with Gasteiger partial charge in [-0.05, 0) is 38.2 Å². The van der Waals surface area contributed by atoms with Crippen LogP contribution in [0.25, 0.3) is 0 Å². The molecule has 2 nitrogen and oxygen atoms in total. The van der Waals surface area contributed by atoms with Crippen molar-refractivity contribution in [3.63, 3.8) is 0 Å². The SMILES string of the molecule is CC(C(=O)O)c1sc2c(c1Cl)CCCC2. The Morgan fingerprint density at radius 2 is 2.13 bits per heavy atom. The number of hydrogen-bond donors (Lipinski definition) is 1. The summed E-state index contributed by atoms with van der Waals surface area (Å²) in [5, 5.41) is 9.68. The van der Waals surface area contributed by atoms with Crippen molar-refractivity contribution in [2.24, 2.45) is 0 Å². The molecule has 1 N–H and O–H groups in total. The number of halogens is 1. The van der Waals surface area contributed by atoms with Crippen LogP contribution in [0.3, 0.4) is 0 Å². The van der Waals surface area contributed by atoms with E-state index in [-0.39, 0.29) is 0 Å². The van der Waals surface area contributed by atoms with Gasteiger partial charge >= 0.3 is 5.97 Å². The predicted molar refractivity (Wildman–Crippen MR) is 62.0 cm³/mol. The lowest BCUT2D eigenvalue weighted by Gasteiger charge is -2.09. The zero-order valence-electron chi connectivity index (χ0n) is 8.55. The largest absolute Gasteiger partial charge is 0.481 e. The molecule has 82 valence electrons. The summed E-state index contributed by atoms with van der Waals surface area (Å²) >= 11 is 7.81. The number of carbonyl (C=O) groups is 1. The topological polar surface area (TPSA) is 37.3 Å². The van der Waals surface area contributed by atoms with Gasteiger partial charge in [-0.3, -0.25) is 4.79 Å². The Morgan fingerprint density at radius 1 is 1.47 bits per heavy atom. The molecular formula is C11H13ClO2S. The van der Waals surface area contributed by atoms with E-state index in [4.69, 9.17) is 16.7 Å². The molecule has 15 heavy (non-hydrogen) atoms. The number of aliphatic carboxylic acids is 1. The molecule has 1 aromatic heterocycles. The Kier molecular flexibility index (Phi) is 3.03. The second kappa shape index (κ2) is 4.14. The van der Waals surface area contributed by atoms with Crippen molar-refractivity contribution in [1.82, 2.24) is 0 Å². The van der Waals surface area contributed by atoms with Crippen LogP contribution in [0, 0.1) is 0 Å². The van der Waals surface area contributed by atoms with Gasteiger partial charge in [-0.2, -0.15) is 0 Å². The van der Waals surface area contributed by atoms with Crippen LogP contribution >= 0.6 is 22.9 Å². The molecule has 1 aliphatic rings. The van der Waals surface area contributed by atoms with Crippen LogP contribution in [0.15, 0.2) is 0 Å². The smallest absolute Gasteiger partial charge is 0.311 e. The average molecular weight is 245 g/mol. The number of carboxylic acids is 1. The Morgan fingerprint density at radius 3 is 2.73 bits per heavy atom. The minimum Gasteiger partial charge on any atom is -0.481 e. The zero-order chi connectivity index (χ0) is 11.0. The van der Waals surface area contributed by atoms with Crippen molar-refractivity contribution in [3.05, 3.63) is 20.3 Å². The van der Waals surface area contributed by atoms with E-state index in [1.54, 1.807) is 18.3 Å². The molecule has 0 saturated heterocycles. The Labute approximate surface area is 97.9 Å². The molecule has 0 aliphatic heterocycles. The third-order valence-electron chi connectivity index (χ3n) is 2.90. The van der Waals surface area contributed by atoms with Crippen LogP contribution in [0.4, 0.5) is 0 Å². The van der Waals surface area contributed by atoms with Gasteiger partial charge in [0.05, 0.1) is 10.9 Å². The summed E-state index contributed by atoms with van der Waals surface area (Å²) in [4.78, 5) is 13.0. The monoisotopic (exact) mass is 244 g/mol. The lowest BCUT2D eigenvalue weighted by atomic mass is 9.98. The lowest BCUT2D eigenvalue weighted by Crippen LogP contribution is -2.06. The number of rotatable bonds is 2. The summed E-state index contributed by atoms with van der Waals surface area (Å²) in [7, 11) is 0. The maximum atomic E-state index is 10.9. The molecule has 0 spiro atoms. The van der Waals surface area contributed by atoms with Crippen molar-refractivity contribution < 1.29 is 9.90 Å². The standard InChI is InChI=1S/C11H13ClO2S/c1-6(11(13)14)10-9(12)7-4-2-3-5-8(7)15-10/h6H,2-5H2,1H3,(H,13,14). The maximum Gasteiger partial charge on any atom is 0.311 e. The van der Waals surface area contributed by atoms with E-state index in [1.165, 1.54) is 23.3 Å². The summed E-state index contributed by atoms with van der Waals surface area (Å²) in [5.41, 5.74) is 1.20. The fraction of sp³-hybridized carbons (Fsp3) is 0.545. The third-order valence-corrected chi connectivity index (χ3v) is 4.91. The predicted octanol–water partition coefficient (Wildman–Crippen LogP) is 3.47. The molecule has 1 unspecified atom stereocenters. The molecule has 1 heterocycles. The van der Waals surface area contributed by atoms with Gasteiger partial charge in [-0.1, -0.05) is 11.6 Å². The molecule has 1 aromatic rings. The highest BCUT2D eigenvalue weighted by Gasteiger charge is 2.25. The van der Waals surface area contributed by atoms with E-state index in [2.05, 4.69) is 0 Å². The third kappa shape index (κ3) is 1.91. The van der Waals surface area contributed by atoms with E-state index >= 15 is 0 Å². The van der Waals surface area contributed by atoms with E-state index in [9.17, 15) is 4.79 Å². The van der Waals surface area contributed by atoms with Gasteiger partial charge in [0.1, 0.15) is 0 Å². The molecule has 2 rings (SSSR count). The van der Waals surface area contributed by atoms with Gasteiger partial charge in [0.2, 0.25) is 0 Å². The highest BCUT2D eigenvalue weighted by Crippen LogP contribution is 2.41. The highest BCUT2D eigenvalue weighted by atomic mass is 35.5. The minimum atomic E-state index is -0.796. The van der Waals surface area contributed by atoms with Gasteiger partial charge in [-0.25, -0.2) is 0 Å². The van der Waals surface area contributed by atoms with Crippen molar-refractivity contribution in [1.29, 1.82) is 0 Å². The fourth-order valence-electron chi connectivity index (χ4n) is 1.94. The molecule has 0 saturated carbocycles. The second-order valence-electron chi connectivity index (χ2n) is 3.95. The molecular weight excluding hydrogens is 232 g/mol. The second-order valence-corrected chi connectivity index (χ2v) is 5.46. The highest BCUT2D eigenvalue weighted by molar-refractivity contribution is 7.13. The van der Waals surface area contributed by atoms with E-state index in [0.717, 1.165) is 17.7 Å². The van der Waals surface area contributed by atoms with Crippen molar-refractivity contribution in [2.75, 3.05) is 0 Å². The van der Waals surface area contributed by atoms with Crippen LogP contribution in [0.5, 0.6) is 0 Å². The number of aryl methyl sites for hydroxylation is 1. The van der Waals surface area contributed by atoms with Crippen LogP contribution in [-0.2, 0) is 17.6 Å². The van der Waals surface area contributed by atoms with Gasteiger partial charge < -0.3 is 5.11 Å². The first-order valence-corrected chi connectivity index (χ1v) is 6.33. The van der Waals surface area contributed by atoms with E-state index < -0.39 is 11.9 Å². The van der Waals surface area contributed by atoms with E-state index in [1.807, 2.05) is 0 Å². The average Bonchev–Trinajstić information content (AvgIpc) is 2.56. The van der Waals surface area contributed by atoms with Gasteiger partial charge in [0.25, 0.3) is 0 Å². The first kappa shape index (κ1) is 11.0. The molecule has 4 heteroatoms. The Hall–Kier alpha value is -0.540. The molecule has 0 aromatic carbocycles. The Bertz CT molecular complexity index is 398. The van der Waals surface area contributed by atoms with Crippen LogP contribution in [0.2, 0.25) is 5.02 Å². The van der Waals surface area contributed by atoms with E-state index in [0.29, 0.717) is 5.02 Å². The first-order valence-electron chi connectivity index (χ1n) is 5.14. The Balaban J connectivity index is 2.41.